The van der Waals surface area contributed by atoms with Crippen molar-refractivity contribution in [2.24, 2.45) is 94.7 Å². The van der Waals surface area contributed by atoms with Crippen LogP contribution < -0.4 is 0 Å². The highest BCUT2D eigenvalue weighted by molar-refractivity contribution is 5.65. The summed E-state index contributed by atoms with van der Waals surface area (Å²) in [6.07, 6.45) is 16.6. The molecule has 406 valence electrons. The zero-order valence-electron chi connectivity index (χ0n) is 44.2. The molecule has 0 spiro atoms. The molecule has 0 N–H and O–H groups in total. The van der Waals surface area contributed by atoms with Gasteiger partial charge in [0.25, 0.3) is 0 Å². The molecule has 20 rings (SSSR count). The van der Waals surface area contributed by atoms with E-state index in [-0.39, 0.29) is 73.2 Å². The molecule has 8 aliphatic carbocycles. The number of carbonyl (C=O) groups excluding carboxylic acids is 4. The minimum atomic E-state index is -0.526. The maximum absolute atomic E-state index is 11.2. The third-order valence-electron chi connectivity index (χ3n) is 22.2. The van der Waals surface area contributed by atoms with Crippen molar-refractivity contribution in [1.82, 2.24) is 0 Å². The average molecular weight is 1020 g/mol. The van der Waals surface area contributed by atoms with Gasteiger partial charge in [0.1, 0.15) is 48.8 Å². The summed E-state index contributed by atoms with van der Waals surface area (Å²) in [7, 11) is 0. The fourth-order valence-corrected chi connectivity index (χ4v) is 20.9. The van der Waals surface area contributed by atoms with Gasteiger partial charge in [-0.3, -0.25) is 0 Å². The molecular formula is C57H82O16. The van der Waals surface area contributed by atoms with Crippen LogP contribution in [-0.2, 0) is 56.8 Å². The van der Waals surface area contributed by atoms with Crippen molar-refractivity contribution in [2.45, 2.75) is 237 Å². The van der Waals surface area contributed by atoms with Crippen LogP contribution in [-0.4, -0.2) is 122 Å². The molecule has 73 heavy (non-hydrogen) atoms. The van der Waals surface area contributed by atoms with Crippen molar-refractivity contribution >= 4 is 24.6 Å². The van der Waals surface area contributed by atoms with E-state index in [1.165, 1.54) is 70.6 Å². The van der Waals surface area contributed by atoms with E-state index in [2.05, 4.69) is 13.8 Å². The van der Waals surface area contributed by atoms with Gasteiger partial charge < -0.3 is 56.8 Å². The van der Waals surface area contributed by atoms with Crippen molar-refractivity contribution in [2.75, 3.05) is 0 Å². The van der Waals surface area contributed by atoms with Crippen molar-refractivity contribution in [3.8, 4) is 0 Å². The smallest absolute Gasteiger partial charge is 0.427 e. The summed E-state index contributed by atoms with van der Waals surface area (Å²) in [5, 5.41) is 0. The van der Waals surface area contributed by atoms with Crippen molar-refractivity contribution in [3.63, 3.8) is 0 Å². The number of hydrogen-bond donors (Lipinski definition) is 0. The first-order valence-electron chi connectivity index (χ1n) is 29.8. The van der Waals surface area contributed by atoms with Gasteiger partial charge in [-0.2, -0.15) is 0 Å². The summed E-state index contributed by atoms with van der Waals surface area (Å²) in [4.78, 5) is 44.7. The van der Waals surface area contributed by atoms with Gasteiger partial charge in [0.2, 0.25) is 0 Å². The molecule has 20 aliphatic rings. The van der Waals surface area contributed by atoms with Crippen LogP contribution in [0.15, 0.2) is 0 Å². The van der Waals surface area contributed by atoms with Crippen LogP contribution >= 0.6 is 0 Å². The lowest BCUT2D eigenvalue weighted by Gasteiger charge is -2.38. The Morgan fingerprint density at radius 3 is 0.849 bits per heavy atom. The number of hydrogen-bond acceptors (Lipinski definition) is 16. The fraction of sp³-hybridized carbons (Fsp3) is 0.930. The second-order valence-electron chi connectivity index (χ2n) is 24.5. The molecule has 0 aromatic carbocycles. The second-order valence-corrected chi connectivity index (χ2v) is 24.5. The summed E-state index contributed by atoms with van der Waals surface area (Å²) >= 11 is 0. The van der Waals surface area contributed by atoms with Gasteiger partial charge in [0, 0.05) is 35.5 Å². The summed E-state index contributed by atoms with van der Waals surface area (Å²) in [6.45, 7) is 16.2. The first-order chi connectivity index (χ1) is 35.7. The Bertz CT molecular complexity index is 1710. The van der Waals surface area contributed by atoms with Crippen molar-refractivity contribution in [1.29, 1.82) is 0 Å². The standard InChI is InChI=1S/C13H16O3.2C12H14O4.C11H12O5.C3H8.3C2H6/c14-13-15-11-7-4-8(12(11)16-13)10-6-2-1-5(3-6)9(7)10;13-12-15-10-4-3-5(11(10)16-12)9-7-2-1-6(14-7)8(4)9;13-12-15-10-8-6-4-1-2-5(3-4)7(6)9(14-8)11(10)16-12;12-11-15-9-7-5-3-1-2-4(13-3)6(5)8(14-7)10(9)16-11;1-3-2;3*1-2/h5-12H,1-4H2;2*4-11H,1-3H2;3-10H,1-2H2;3H2,1-2H3;3*1-2H3. The van der Waals surface area contributed by atoms with E-state index in [1.807, 2.05) is 41.5 Å². The highest BCUT2D eigenvalue weighted by Gasteiger charge is 2.75. The third kappa shape index (κ3) is 7.07. The molecule has 12 heterocycles. The first-order valence-corrected chi connectivity index (χ1v) is 29.8. The van der Waals surface area contributed by atoms with Gasteiger partial charge in [-0.15, -0.1) is 0 Å². The molecule has 12 aliphatic heterocycles. The highest BCUT2D eigenvalue weighted by atomic mass is 16.8. The first kappa shape index (κ1) is 49.5. The molecule has 16 heteroatoms. The van der Waals surface area contributed by atoms with E-state index in [9.17, 15) is 19.2 Å². The summed E-state index contributed by atoms with van der Waals surface area (Å²) in [5.41, 5.74) is 0. The molecular weight excluding hydrogens is 941 g/mol. The van der Waals surface area contributed by atoms with E-state index in [4.69, 9.17) is 56.8 Å². The van der Waals surface area contributed by atoms with Crippen LogP contribution in [0, 0.1) is 94.7 Å². The summed E-state index contributed by atoms with van der Waals surface area (Å²) in [6, 6.07) is 0. The van der Waals surface area contributed by atoms with Crippen molar-refractivity contribution < 1.29 is 76.0 Å². The molecule has 16 bridgehead atoms. The van der Waals surface area contributed by atoms with Crippen molar-refractivity contribution in [3.05, 3.63) is 0 Å². The summed E-state index contributed by atoms with van der Waals surface area (Å²) < 4.78 is 66.2. The monoisotopic (exact) mass is 1020 g/mol. The van der Waals surface area contributed by atoms with Crippen LogP contribution in [0.3, 0.4) is 0 Å². The zero-order chi connectivity index (χ0) is 50.5. The van der Waals surface area contributed by atoms with Crippen LogP contribution in [0.5, 0.6) is 0 Å². The molecule has 0 aromatic heterocycles. The lowest BCUT2D eigenvalue weighted by atomic mass is 9.69. The average Bonchev–Trinajstić information content (AvgIpc) is 4.17. The van der Waals surface area contributed by atoms with Gasteiger partial charge in [0.05, 0.1) is 24.4 Å². The fourth-order valence-electron chi connectivity index (χ4n) is 20.9. The number of rotatable bonds is 0. The Kier molecular flexibility index (Phi) is 12.8. The lowest BCUT2D eigenvalue weighted by Crippen LogP contribution is -2.48. The van der Waals surface area contributed by atoms with Crippen LogP contribution in [0.4, 0.5) is 19.2 Å². The molecule has 0 aromatic rings. The molecule has 0 amide bonds. The highest BCUT2D eigenvalue weighted by Crippen LogP contribution is 2.70. The SMILES string of the molecule is CC.CC.CC.CCC.O=C1OC2C(O1)C1OC2C2C3CCC(C3)C12.O=C1OC2C(O1)C1OC2C2C3CCC(O3)C12.O=C1OC2C3CC(C2O1)C1C2CCC(C2)C31.O=C1OC2C3CC(C2O1)C1C2CCC(O2)C31. The molecule has 8 saturated carbocycles. The molecule has 12 saturated heterocycles. The second kappa shape index (κ2) is 18.8. The van der Waals surface area contributed by atoms with E-state index in [0.29, 0.717) is 83.6 Å². The predicted molar refractivity (Wildman–Crippen MR) is 256 cm³/mol. The summed E-state index contributed by atoms with van der Waals surface area (Å²) in [5.74, 6) is 11.1. The van der Waals surface area contributed by atoms with Crippen LogP contribution in [0.2, 0.25) is 0 Å². The maximum Gasteiger partial charge on any atom is 0.509 e. The quantitative estimate of drug-likeness (QED) is 0.127. The van der Waals surface area contributed by atoms with Gasteiger partial charge in [-0.05, 0) is 136 Å². The molecule has 0 radical (unpaired) electrons. The predicted octanol–water partition coefficient (Wildman–Crippen LogP) is 9.83. The van der Waals surface area contributed by atoms with E-state index in [1.54, 1.807) is 0 Å². The third-order valence-corrected chi connectivity index (χ3v) is 22.2. The van der Waals surface area contributed by atoms with Gasteiger partial charge >= 0.3 is 24.6 Å². The molecule has 16 nitrogen and oxygen atoms in total. The van der Waals surface area contributed by atoms with Gasteiger partial charge in [-0.25, -0.2) is 19.2 Å². The Hall–Kier alpha value is -3.08. The van der Waals surface area contributed by atoms with E-state index < -0.39 is 24.6 Å². The Morgan fingerprint density at radius 1 is 0.288 bits per heavy atom. The molecule has 32 unspecified atom stereocenters. The Morgan fingerprint density at radius 2 is 0.534 bits per heavy atom. The Labute approximate surface area is 430 Å². The van der Waals surface area contributed by atoms with Crippen LogP contribution in [0.25, 0.3) is 0 Å². The van der Waals surface area contributed by atoms with Crippen LogP contribution in [0.1, 0.15) is 139 Å². The maximum atomic E-state index is 11.2. The number of ether oxygens (including phenoxy) is 12. The zero-order valence-corrected chi connectivity index (χ0v) is 44.2. The van der Waals surface area contributed by atoms with Gasteiger partial charge in [-0.1, -0.05) is 61.8 Å². The minimum Gasteiger partial charge on any atom is -0.427 e. The number of carbonyl (C=O) groups is 4. The topological polar surface area (TPSA) is 179 Å². The molecule has 20 fully saturated rings. The number of fused-ring (bicyclic) bond motifs is 48. The molecule has 32 atom stereocenters. The van der Waals surface area contributed by atoms with E-state index >= 15 is 0 Å². The Balaban J connectivity index is 0.0000000895. The lowest BCUT2D eigenvalue weighted by molar-refractivity contribution is -0.0317. The normalized spacial score (nSPS) is 56.9. The van der Waals surface area contributed by atoms with Gasteiger partial charge in [0.15, 0.2) is 24.4 Å². The largest absolute Gasteiger partial charge is 0.509 e. The minimum absolute atomic E-state index is 0.0155. The van der Waals surface area contributed by atoms with E-state index in [0.717, 1.165) is 48.3 Å².